The molecule has 2 rings (SSSR count). The number of hydrogen-bond acceptors (Lipinski definition) is 2. The van der Waals surface area contributed by atoms with Crippen molar-refractivity contribution in [1.29, 1.82) is 0 Å². The molecule has 0 radical (unpaired) electrons. The van der Waals surface area contributed by atoms with E-state index in [1.807, 2.05) is 13.8 Å². The number of hydrogen-bond donors (Lipinski definition) is 1. The number of rotatable bonds is 2. The van der Waals surface area contributed by atoms with Gasteiger partial charge in [0.1, 0.15) is 11.5 Å². The fraction of sp³-hybridized carbons (Fsp3) is 0.333. The third kappa shape index (κ3) is 3.50. The number of aromatic nitrogens is 1. The number of carbonyl (C=O) groups excluding carboxylic acids is 1. The Kier molecular flexibility index (Phi) is 4.31. The number of nitrogens with zero attached hydrogens (tertiary/aromatic N) is 1. The van der Waals surface area contributed by atoms with Crippen molar-refractivity contribution in [3.63, 3.8) is 0 Å². The van der Waals surface area contributed by atoms with E-state index in [4.69, 9.17) is 0 Å². The summed E-state index contributed by atoms with van der Waals surface area (Å²) < 4.78 is 14.1. The molecule has 1 heterocycles. The molecule has 1 aromatic heterocycles. The normalized spacial score (nSPS) is 11.4. The van der Waals surface area contributed by atoms with Crippen molar-refractivity contribution in [3.05, 3.63) is 58.7 Å². The lowest BCUT2D eigenvalue weighted by molar-refractivity contribution is 0.102. The number of aryl methyl sites for hydroxylation is 2. The van der Waals surface area contributed by atoms with E-state index in [0.29, 0.717) is 0 Å². The molecule has 0 fully saturated rings. The van der Waals surface area contributed by atoms with Crippen LogP contribution in [0.3, 0.4) is 0 Å². The Hall–Kier alpha value is -2.23. The van der Waals surface area contributed by atoms with Crippen LogP contribution in [0.5, 0.6) is 0 Å². The summed E-state index contributed by atoms with van der Waals surface area (Å²) in [6.45, 7) is 9.92. The van der Waals surface area contributed by atoms with Gasteiger partial charge in [-0.3, -0.25) is 9.78 Å². The number of carbonyl (C=O) groups is 1. The molecule has 2 aromatic rings. The second-order valence-corrected chi connectivity index (χ2v) is 6.57. The van der Waals surface area contributed by atoms with Crippen molar-refractivity contribution >= 4 is 11.6 Å². The largest absolute Gasteiger partial charge is 0.318 e. The van der Waals surface area contributed by atoms with Gasteiger partial charge in [-0.15, -0.1) is 0 Å². The van der Waals surface area contributed by atoms with Crippen molar-refractivity contribution in [3.8, 4) is 0 Å². The third-order valence-electron chi connectivity index (χ3n) is 3.52. The first-order valence-corrected chi connectivity index (χ1v) is 7.23. The van der Waals surface area contributed by atoms with Gasteiger partial charge in [0.05, 0.1) is 5.69 Å². The predicted octanol–water partition coefficient (Wildman–Crippen LogP) is 4.39. The van der Waals surface area contributed by atoms with E-state index in [-0.39, 0.29) is 16.8 Å². The van der Waals surface area contributed by atoms with Crippen LogP contribution in [0, 0.1) is 19.7 Å². The number of pyridine rings is 1. The zero-order valence-electron chi connectivity index (χ0n) is 13.6. The maximum atomic E-state index is 14.1. The average molecular weight is 300 g/mol. The molecule has 0 aliphatic heterocycles. The molecule has 1 N–H and O–H groups in total. The Bertz CT molecular complexity index is 718. The quantitative estimate of drug-likeness (QED) is 0.894. The Morgan fingerprint density at radius 2 is 1.86 bits per heavy atom. The first-order chi connectivity index (χ1) is 10.2. The van der Waals surface area contributed by atoms with Crippen molar-refractivity contribution in [2.24, 2.45) is 0 Å². The Balaban J connectivity index is 2.35. The summed E-state index contributed by atoms with van der Waals surface area (Å²) in [5, 5.41) is 2.62. The zero-order chi connectivity index (χ0) is 16.5. The highest BCUT2D eigenvalue weighted by Crippen LogP contribution is 2.30. The van der Waals surface area contributed by atoms with E-state index in [1.54, 1.807) is 24.4 Å². The van der Waals surface area contributed by atoms with Crippen LogP contribution in [0.15, 0.2) is 30.5 Å². The maximum absolute atomic E-state index is 14.1. The summed E-state index contributed by atoms with van der Waals surface area (Å²) >= 11 is 0. The third-order valence-corrected chi connectivity index (χ3v) is 3.52. The molecule has 0 unspecified atom stereocenters. The summed E-state index contributed by atoms with van der Waals surface area (Å²) in [5.41, 5.74) is 3.14. The highest BCUT2D eigenvalue weighted by molar-refractivity contribution is 6.03. The number of benzene rings is 1. The maximum Gasteiger partial charge on any atom is 0.274 e. The molecule has 0 aliphatic rings. The van der Waals surface area contributed by atoms with E-state index in [0.717, 1.165) is 16.7 Å². The van der Waals surface area contributed by atoms with E-state index in [1.165, 1.54) is 6.07 Å². The lowest BCUT2D eigenvalue weighted by Crippen LogP contribution is -2.18. The van der Waals surface area contributed by atoms with Gasteiger partial charge in [0.15, 0.2) is 0 Å². The van der Waals surface area contributed by atoms with Crippen LogP contribution in [0.2, 0.25) is 0 Å². The average Bonchev–Trinajstić information content (AvgIpc) is 2.40. The molecule has 4 heteroatoms. The molecule has 116 valence electrons. The summed E-state index contributed by atoms with van der Waals surface area (Å²) in [7, 11) is 0. The van der Waals surface area contributed by atoms with Gasteiger partial charge in [0.25, 0.3) is 5.91 Å². The highest BCUT2D eigenvalue weighted by atomic mass is 19.1. The summed E-state index contributed by atoms with van der Waals surface area (Å²) in [5.74, 6) is -0.849. The first-order valence-electron chi connectivity index (χ1n) is 7.23. The van der Waals surface area contributed by atoms with Gasteiger partial charge in [0, 0.05) is 6.20 Å². The van der Waals surface area contributed by atoms with Gasteiger partial charge < -0.3 is 5.32 Å². The van der Waals surface area contributed by atoms with Crippen LogP contribution in [0.1, 0.15) is 48.0 Å². The van der Waals surface area contributed by atoms with Crippen molar-refractivity contribution in [2.45, 2.75) is 40.0 Å². The van der Waals surface area contributed by atoms with Crippen LogP contribution in [0.25, 0.3) is 0 Å². The molecule has 0 aliphatic carbocycles. The van der Waals surface area contributed by atoms with E-state index >= 15 is 0 Å². The molecule has 0 saturated heterocycles. The number of nitrogens with one attached hydrogen (secondary N) is 1. The molecular weight excluding hydrogens is 279 g/mol. The standard InChI is InChI=1S/C18H21FN2O/c1-11-6-7-20-16(8-11)17(22)21-15-10-13(18(3,4)5)12(2)9-14(15)19/h6-10H,1-5H3,(H,21,22). The van der Waals surface area contributed by atoms with Crippen molar-refractivity contribution < 1.29 is 9.18 Å². The Labute approximate surface area is 130 Å². The number of halogens is 1. The molecule has 0 saturated carbocycles. The van der Waals surface area contributed by atoms with Gasteiger partial charge in [-0.25, -0.2) is 4.39 Å². The fourth-order valence-corrected chi connectivity index (χ4v) is 2.42. The monoisotopic (exact) mass is 300 g/mol. The second-order valence-electron chi connectivity index (χ2n) is 6.57. The zero-order valence-corrected chi connectivity index (χ0v) is 13.6. The molecule has 0 atom stereocenters. The van der Waals surface area contributed by atoms with Gasteiger partial charge >= 0.3 is 0 Å². The summed E-state index contributed by atoms with van der Waals surface area (Å²) in [6, 6.07) is 6.64. The second kappa shape index (κ2) is 5.87. The van der Waals surface area contributed by atoms with Crippen LogP contribution >= 0.6 is 0 Å². The lowest BCUT2D eigenvalue weighted by Gasteiger charge is -2.23. The Morgan fingerprint density at radius 1 is 1.18 bits per heavy atom. The first kappa shape index (κ1) is 16.1. The fourth-order valence-electron chi connectivity index (χ4n) is 2.42. The molecule has 3 nitrogen and oxygen atoms in total. The highest BCUT2D eigenvalue weighted by Gasteiger charge is 2.20. The van der Waals surface area contributed by atoms with Crippen LogP contribution < -0.4 is 5.32 Å². The van der Waals surface area contributed by atoms with Crippen molar-refractivity contribution in [1.82, 2.24) is 4.98 Å². The Morgan fingerprint density at radius 3 is 2.45 bits per heavy atom. The molecule has 0 spiro atoms. The number of amides is 1. The minimum Gasteiger partial charge on any atom is -0.318 e. The van der Waals surface area contributed by atoms with Gasteiger partial charge in [-0.2, -0.15) is 0 Å². The van der Waals surface area contributed by atoms with Gasteiger partial charge in [0.2, 0.25) is 0 Å². The van der Waals surface area contributed by atoms with Crippen LogP contribution in [0.4, 0.5) is 10.1 Å². The van der Waals surface area contributed by atoms with Crippen molar-refractivity contribution in [2.75, 3.05) is 5.32 Å². The van der Waals surface area contributed by atoms with Crippen LogP contribution in [-0.2, 0) is 5.41 Å². The molecule has 0 bridgehead atoms. The lowest BCUT2D eigenvalue weighted by atomic mass is 9.84. The molecule has 22 heavy (non-hydrogen) atoms. The van der Waals surface area contributed by atoms with E-state index in [2.05, 4.69) is 31.1 Å². The molecular formula is C18H21FN2O. The van der Waals surface area contributed by atoms with Crippen LogP contribution in [-0.4, -0.2) is 10.9 Å². The van der Waals surface area contributed by atoms with E-state index < -0.39 is 11.7 Å². The minimum absolute atomic E-state index is 0.126. The SMILES string of the molecule is Cc1ccnc(C(=O)Nc2cc(C(C)(C)C)c(C)cc2F)c1. The summed E-state index contributed by atoms with van der Waals surface area (Å²) in [6.07, 6.45) is 1.57. The smallest absolute Gasteiger partial charge is 0.274 e. The van der Waals surface area contributed by atoms with E-state index in [9.17, 15) is 9.18 Å². The van der Waals surface area contributed by atoms with Gasteiger partial charge in [-0.1, -0.05) is 20.8 Å². The minimum atomic E-state index is -0.438. The number of anilines is 1. The molecule has 1 aromatic carbocycles. The molecule has 1 amide bonds. The predicted molar refractivity (Wildman–Crippen MR) is 86.8 cm³/mol. The topological polar surface area (TPSA) is 42.0 Å². The summed E-state index contributed by atoms with van der Waals surface area (Å²) in [4.78, 5) is 16.2. The van der Waals surface area contributed by atoms with Gasteiger partial charge in [-0.05, 0) is 60.2 Å².